The van der Waals surface area contributed by atoms with E-state index in [1.54, 1.807) is 0 Å². The van der Waals surface area contributed by atoms with Gasteiger partial charge in [0.15, 0.2) is 0 Å². The maximum absolute atomic E-state index is 7.42. The number of aromatic nitrogens is 4. The van der Waals surface area contributed by atoms with Crippen molar-refractivity contribution >= 4 is 172 Å². The van der Waals surface area contributed by atoms with Gasteiger partial charge in [-0.3, -0.25) is 0 Å². The fourth-order valence-electron chi connectivity index (χ4n) is 13.8. The summed E-state index contributed by atoms with van der Waals surface area (Å²) in [4.78, 5) is 0. The van der Waals surface area contributed by atoms with Crippen LogP contribution in [0.3, 0.4) is 0 Å². The van der Waals surface area contributed by atoms with Gasteiger partial charge in [0.2, 0.25) is 0 Å². The number of benzene rings is 12. The van der Waals surface area contributed by atoms with Crippen LogP contribution in [0.5, 0.6) is 0 Å². The summed E-state index contributed by atoms with van der Waals surface area (Å²) in [5, 5.41) is 16.9. The Morgan fingerprint density at radius 1 is 0.215 bits per heavy atom. The lowest BCUT2D eigenvalue weighted by Crippen LogP contribution is -1.94. The first-order valence-electron chi connectivity index (χ1n) is 26.9. The summed E-state index contributed by atoms with van der Waals surface area (Å²) in [7, 11) is 0. The molecular weight excluding hydrogens is 1000 g/mol. The minimum atomic E-state index is 0.912. The molecule has 0 spiro atoms. The lowest BCUT2D eigenvalue weighted by molar-refractivity contribution is 0.677. The third-order valence-corrected chi connectivity index (χ3v) is 19.4. The number of hydrogen-bond acceptors (Lipinski definition) is 3. The number of furan rings is 1. The van der Waals surface area contributed by atoms with Gasteiger partial charge in [-0.25, -0.2) is 0 Å². The molecule has 0 aliphatic heterocycles. The monoisotopic (exact) mass is 1040 g/mol. The van der Waals surface area contributed by atoms with Crippen LogP contribution in [-0.2, 0) is 0 Å². The third kappa shape index (κ3) is 5.62. The second-order valence-electron chi connectivity index (χ2n) is 21.1. The highest BCUT2D eigenvalue weighted by atomic mass is 32.1. The average Bonchev–Trinajstić information content (AvgIpc) is 4.48. The van der Waals surface area contributed by atoms with Crippen molar-refractivity contribution in [1.82, 2.24) is 18.3 Å². The second kappa shape index (κ2) is 15.4. The van der Waals surface area contributed by atoms with E-state index in [0.717, 1.165) is 66.2 Å². The number of hydrogen-bond donors (Lipinski definition) is 0. The Balaban J connectivity index is 0.786. The molecule has 0 fully saturated rings. The third-order valence-electron chi connectivity index (χ3n) is 17.1. The van der Waals surface area contributed by atoms with Crippen LogP contribution >= 0.6 is 22.7 Å². The molecule has 0 bridgehead atoms. The zero-order valence-corrected chi connectivity index (χ0v) is 43.7. The van der Waals surface area contributed by atoms with Crippen LogP contribution in [-0.4, -0.2) is 18.3 Å². The molecule has 19 rings (SSSR count). The topological polar surface area (TPSA) is 32.9 Å². The van der Waals surface area contributed by atoms with Crippen LogP contribution in [0.15, 0.2) is 247 Å². The van der Waals surface area contributed by atoms with Gasteiger partial charge in [-0.2, -0.15) is 0 Å². The first-order valence-corrected chi connectivity index (χ1v) is 28.5. The van der Waals surface area contributed by atoms with E-state index in [9.17, 15) is 0 Å². The van der Waals surface area contributed by atoms with Gasteiger partial charge < -0.3 is 22.7 Å². The maximum Gasteiger partial charge on any atom is 0.145 e. The normalized spacial score (nSPS) is 12.6. The van der Waals surface area contributed by atoms with Crippen LogP contribution in [0.1, 0.15) is 0 Å². The molecule has 0 saturated heterocycles. The predicted octanol–water partition coefficient (Wildman–Crippen LogP) is 20.7. The van der Waals surface area contributed by atoms with E-state index in [-0.39, 0.29) is 0 Å². The summed E-state index contributed by atoms with van der Waals surface area (Å²) in [5.41, 5.74) is 15.8. The van der Waals surface area contributed by atoms with Gasteiger partial charge in [-0.1, -0.05) is 109 Å². The largest absolute Gasteiger partial charge is 0.455 e. The van der Waals surface area contributed by atoms with E-state index in [2.05, 4.69) is 261 Å². The Morgan fingerprint density at radius 2 is 0.481 bits per heavy atom. The Bertz CT molecular complexity index is 5420. The molecule has 7 heterocycles. The number of rotatable bonds is 4. The number of nitrogens with zero attached hydrogens (tertiary/aromatic N) is 4. The lowest BCUT2D eigenvalue weighted by atomic mass is 10.1. The van der Waals surface area contributed by atoms with Crippen molar-refractivity contribution < 1.29 is 4.42 Å². The van der Waals surface area contributed by atoms with Gasteiger partial charge in [0.1, 0.15) is 11.2 Å². The van der Waals surface area contributed by atoms with E-state index in [0.29, 0.717) is 0 Å². The highest BCUT2D eigenvalue weighted by Crippen LogP contribution is 2.47. The minimum absolute atomic E-state index is 0.912. The minimum Gasteiger partial charge on any atom is -0.455 e. The van der Waals surface area contributed by atoms with E-state index < -0.39 is 0 Å². The maximum atomic E-state index is 7.42. The first kappa shape index (κ1) is 42.2. The Labute approximate surface area is 457 Å². The van der Waals surface area contributed by atoms with E-state index in [4.69, 9.17) is 4.42 Å². The first-order chi connectivity index (χ1) is 39.2. The molecule has 7 heteroatoms. The smallest absolute Gasteiger partial charge is 0.145 e. The van der Waals surface area contributed by atoms with Crippen LogP contribution < -0.4 is 0 Å². The summed E-state index contributed by atoms with van der Waals surface area (Å²) >= 11 is 3.72. The molecule has 0 unspecified atom stereocenters. The van der Waals surface area contributed by atoms with Crippen LogP contribution in [0.25, 0.3) is 172 Å². The van der Waals surface area contributed by atoms with Crippen molar-refractivity contribution in [2.45, 2.75) is 0 Å². The highest BCUT2D eigenvalue weighted by Gasteiger charge is 2.24. The zero-order chi connectivity index (χ0) is 51.2. The molecule has 7 aromatic heterocycles. The van der Waals surface area contributed by atoms with Crippen molar-refractivity contribution in [2.75, 3.05) is 0 Å². The van der Waals surface area contributed by atoms with Gasteiger partial charge in [0.25, 0.3) is 0 Å². The molecule has 0 aliphatic carbocycles. The summed E-state index contributed by atoms with van der Waals surface area (Å²) in [6.07, 6.45) is 0. The summed E-state index contributed by atoms with van der Waals surface area (Å²) in [6, 6.07) is 89.8. The van der Waals surface area contributed by atoms with E-state index >= 15 is 0 Å². The number of thiophene rings is 2. The summed E-state index contributed by atoms with van der Waals surface area (Å²) < 4.78 is 22.2. The highest BCUT2D eigenvalue weighted by molar-refractivity contribution is 7.26. The molecule has 12 aromatic carbocycles. The van der Waals surface area contributed by atoms with E-state index in [1.165, 1.54) is 106 Å². The van der Waals surface area contributed by atoms with Crippen molar-refractivity contribution in [1.29, 1.82) is 0 Å². The fraction of sp³-hybridized carbons (Fsp3) is 0. The Kier molecular flexibility index (Phi) is 8.23. The number of fused-ring (bicyclic) bond motifs is 23. The molecule has 19 aromatic rings. The van der Waals surface area contributed by atoms with Gasteiger partial charge in [0.05, 0.1) is 54.9 Å². The fourth-order valence-corrected chi connectivity index (χ4v) is 16.0. The molecule has 5 nitrogen and oxygen atoms in total. The van der Waals surface area contributed by atoms with Crippen LogP contribution in [0.2, 0.25) is 0 Å². The van der Waals surface area contributed by atoms with Crippen LogP contribution in [0, 0.1) is 0 Å². The van der Waals surface area contributed by atoms with Gasteiger partial charge >= 0.3 is 0 Å². The summed E-state index contributed by atoms with van der Waals surface area (Å²) in [5.74, 6) is 0. The lowest BCUT2D eigenvalue weighted by Gasteiger charge is -2.10. The van der Waals surface area contributed by atoms with E-state index in [1.807, 2.05) is 22.7 Å². The van der Waals surface area contributed by atoms with Crippen molar-refractivity contribution in [3.63, 3.8) is 0 Å². The zero-order valence-electron chi connectivity index (χ0n) is 42.1. The molecular formula is C72H40N4OS2. The van der Waals surface area contributed by atoms with Crippen molar-refractivity contribution in [2.24, 2.45) is 0 Å². The Hall–Kier alpha value is -9.92. The molecule has 366 valence electrons. The SMILES string of the molecule is c1ccc2c(c1)c1ccccc1n2-c1ccc2sc3ccc(-n4c5ccccc5c5c6oc7c(ccc8c7c7ccccc7n8-c7ccc8sc9ccc(-n%10c%11ccccc%11c%11ccccc%11%10)cc9c8c7)c6ccc54)cc3c2c1. The second-order valence-corrected chi connectivity index (χ2v) is 23.3. The predicted molar refractivity (Wildman–Crippen MR) is 337 cm³/mol. The summed E-state index contributed by atoms with van der Waals surface area (Å²) in [6.45, 7) is 0. The van der Waals surface area contributed by atoms with Crippen molar-refractivity contribution in [3.05, 3.63) is 243 Å². The molecule has 0 amide bonds. The van der Waals surface area contributed by atoms with Gasteiger partial charge in [-0.15, -0.1) is 22.7 Å². The molecule has 0 saturated carbocycles. The van der Waals surface area contributed by atoms with Gasteiger partial charge in [0, 0.05) is 106 Å². The van der Waals surface area contributed by atoms with Gasteiger partial charge in [-0.05, 0) is 133 Å². The Morgan fingerprint density at radius 3 is 0.797 bits per heavy atom. The molecule has 0 aliphatic rings. The quantitative estimate of drug-likeness (QED) is 0.173. The number of para-hydroxylation sites is 6. The molecule has 0 N–H and O–H groups in total. The molecule has 0 radical (unpaired) electrons. The molecule has 0 atom stereocenters. The molecule has 79 heavy (non-hydrogen) atoms. The average molecular weight is 1040 g/mol. The standard InChI is InChI=1S/C72H40N4OS2/c1-7-19-57-45(13-1)46-14-2-8-20-58(46)73(57)41-25-33-65-53(37-41)55-39-43(27-35-67(55)78-65)75-61-23-11-5-17-51(61)69-63(75)31-29-49-50-30-32-64-70(72(50)77-71(49)69)52-18-6-12-24-62(52)76(64)44-28-36-68-56(40-44)54-38-42(26-34-66(54)79-68)74-59-21-9-3-15-47(59)48-16-4-10-22-60(48)74/h1-40H. The van der Waals surface area contributed by atoms with Crippen LogP contribution in [0.4, 0.5) is 0 Å². The van der Waals surface area contributed by atoms with Crippen molar-refractivity contribution in [3.8, 4) is 22.7 Å².